The van der Waals surface area contributed by atoms with Crippen molar-refractivity contribution in [3.8, 4) is 9.75 Å². The molecule has 0 spiro atoms. The van der Waals surface area contributed by atoms with Gasteiger partial charge in [-0.1, -0.05) is 83.3 Å². The number of carbonyl (C=O) groups excluding carboxylic acids is 6. The highest BCUT2D eigenvalue weighted by molar-refractivity contribution is 7.26. The number of anilines is 2. The van der Waals surface area contributed by atoms with Crippen LogP contribution in [0.2, 0.25) is 0 Å². The van der Waals surface area contributed by atoms with Crippen molar-refractivity contribution in [1.82, 2.24) is 39.2 Å². The van der Waals surface area contributed by atoms with E-state index < -0.39 is 48.2 Å². The van der Waals surface area contributed by atoms with Crippen molar-refractivity contribution in [3.05, 3.63) is 96.6 Å². The molecule has 2 aromatic carbocycles. The monoisotopic (exact) mass is 852 g/mol. The van der Waals surface area contributed by atoms with E-state index in [1.165, 1.54) is 46.7 Å². The number of carbonyl (C=O) groups is 6. The number of nitrogens with one attached hydrogen (secondary N) is 4. The predicted molar refractivity (Wildman–Crippen MR) is 221 cm³/mol. The van der Waals surface area contributed by atoms with Crippen molar-refractivity contribution in [2.45, 2.75) is 49.9 Å². The molecule has 0 aliphatic carbocycles. The highest BCUT2D eigenvalue weighted by Crippen LogP contribution is 2.35. The summed E-state index contributed by atoms with van der Waals surface area (Å²) in [6.07, 6.45) is 7.85. The normalized spacial score (nSPS) is 17.3. The number of fused-ring (bicyclic) bond motifs is 2. The van der Waals surface area contributed by atoms with Crippen molar-refractivity contribution in [1.29, 1.82) is 0 Å². The van der Waals surface area contributed by atoms with Gasteiger partial charge in [0.1, 0.15) is 24.2 Å². The molecular formula is C40H40N10O8S2. The smallest absolute Gasteiger partial charge is 0.407 e. The minimum atomic E-state index is -1.02. The molecule has 2 aliphatic heterocycles. The summed E-state index contributed by atoms with van der Waals surface area (Å²) >= 11 is 2.83. The quantitative estimate of drug-likeness (QED) is 0.140. The molecule has 8 rings (SSSR count). The van der Waals surface area contributed by atoms with E-state index in [4.69, 9.17) is 9.47 Å². The summed E-state index contributed by atoms with van der Waals surface area (Å²) < 4.78 is 13.1. The summed E-state index contributed by atoms with van der Waals surface area (Å²) in [6.45, 7) is 0.715. The molecule has 6 heterocycles. The Hall–Kier alpha value is -6.80. The van der Waals surface area contributed by atoms with Gasteiger partial charge in [0.25, 0.3) is 11.8 Å². The van der Waals surface area contributed by atoms with Gasteiger partial charge in [0.2, 0.25) is 11.8 Å². The summed E-state index contributed by atoms with van der Waals surface area (Å²) in [6, 6.07) is 14.1. The number of alkyl carbamates (subject to hydrolysis) is 2. The summed E-state index contributed by atoms with van der Waals surface area (Å²) in [7, 11) is 2.45. The third-order valence-corrected chi connectivity index (χ3v) is 12.6. The predicted octanol–water partition coefficient (Wildman–Crippen LogP) is 4.83. The molecule has 4 aromatic heterocycles. The molecule has 0 unspecified atom stereocenters. The van der Waals surface area contributed by atoms with Gasteiger partial charge in [-0.15, -0.1) is 0 Å². The first-order valence-electron chi connectivity index (χ1n) is 19.1. The lowest BCUT2D eigenvalue weighted by molar-refractivity contribution is -0.138. The first kappa shape index (κ1) is 40.0. The lowest BCUT2D eigenvalue weighted by Gasteiger charge is -2.28. The highest BCUT2D eigenvalue weighted by atomic mass is 32.1. The van der Waals surface area contributed by atoms with E-state index in [2.05, 4.69) is 31.2 Å². The van der Waals surface area contributed by atoms with E-state index in [-0.39, 0.29) is 11.8 Å². The lowest BCUT2D eigenvalue weighted by atomic mass is 10.0. The number of nitrogens with zero attached hydrogens (tertiary/aromatic N) is 6. The Kier molecular flexibility index (Phi) is 11.5. The molecule has 0 saturated carbocycles. The third kappa shape index (κ3) is 8.23. The van der Waals surface area contributed by atoms with Gasteiger partial charge in [-0.3, -0.25) is 28.0 Å². The number of rotatable bonds is 11. The molecule has 0 radical (unpaired) electrons. The zero-order valence-corrected chi connectivity index (χ0v) is 34.0. The number of ether oxygens (including phenoxy) is 2. The standard InChI is InChI=1S/C40H40N10O8S2/c1-57-39(55)45-31(23-11-5-3-6-12-23)35(53)49-17-9-15-25(49)33(51)41-29-21-47-19-27(59-37(47)43-29)28-20-48-22-30(44-38(48)60-28)42-34(52)26-16-10-18-50(26)36(54)32(46-40(56)58-2)24-13-7-4-8-14-24/h3-8,11-14,19-22,25-26,31-32H,9-10,15-18H2,1-2H3,(H,41,51)(H,42,52)(H,45,55)(H,46,56)/t25-,26-,31+,32+/m0/s1. The van der Waals surface area contributed by atoms with Crippen molar-refractivity contribution >= 4 is 80.0 Å². The van der Waals surface area contributed by atoms with Crippen LogP contribution >= 0.6 is 22.7 Å². The van der Waals surface area contributed by atoms with Crippen LogP contribution in [-0.2, 0) is 28.7 Å². The molecule has 20 heteroatoms. The maximum Gasteiger partial charge on any atom is 0.407 e. The average molecular weight is 853 g/mol. The van der Waals surface area contributed by atoms with Crippen LogP contribution in [-0.4, -0.2) is 104 Å². The molecule has 60 heavy (non-hydrogen) atoms. The van der Waals surface area contributed by atoms with Gasteiger partial charge in [0.15, 0.2) is 21.6 Å². The SMILES string of the molecule is COC(=O)N[C@@H](C(=O)N1CCC[C@H]1C(=O)Nc1cn2cc(-c3cn4cc(NC(=O)[C@@H]5CCCN5C(=O)[C@H](NC(=O)OC)c5ccccc5)nc4s3)sc2n1)c1ccccc1. The minimum Gasteiger partial charge on any atom is -0.453 e. The molecule has 4 atom stereocenters. The second-order valence-corrected chi connectivity index (χ2v) is 16.2. The lowest BCUT2D eigenvalue weighted by Crippen LogP contribution is -2.48. The molecule has 2 aliphatic rings. The van der Waals surface area contributed by atoms with Gasteiger partial charge in [-0.25, -0.2) is 19.6 Å². The van der Waals surface area contributed by atoms with E-state index in [9.17, 15) is 28.8 Å². The Balaban J connectivity index is 0.905. The third-order valence-electron chi connectivity index (χ3n) is 10.4. The van der Waals surface area contributed by atoms with Crippen molar-refractivity contribution in [2.24, 2.45) is 0 Å². The van der Waals surface area contributed by atoms with Crippen LogP contribution in [0.15, 0.2) is 85.5 Å². The summed E-state index contributed by atoms with van der Waals surface area (Å²) in [5, 5.41) is 10.9. The number of imidazole rings is 2. The molecule has 310 valence electrons. The molecule has 0 bridgehead atoms. The van der Waals surface area contributed by atoms with E-state index >= 15 is 0 Å². The van der Waals surface area contributed by atoms with Crippen LogP contribution in [0, 0.1) is 0 Å². The highest BCUT2D eigenvalue weighted by Gasteiger charge is 2.40. The van der Waals surface area contributed by atoms with Crippen LogP contribution in [0.5, 0.6) is 0 Å². The molecule has 4 N–H and O–H groups in total. The van der Waals surface area contributed by atoms with Crippen LogP contribution in [0.25, 0.3) is 19.7 Å². The largest absolute Gasteiger partial charge is 0.453 e. The second-order valence-electron chi connectivity index (χ2n) is 14.1. The fourth-order valence-corrected chi connectivity index (χ4v) is 9.51. The fraction of sp³-hybridized carbons (Fsp3) is 0.300. The Labute approximate surface area is 350 Å². The number of amides is 6. The van der Waals surface area contributed by atoms with E-state index in [1.807, 2.05) is 33.3 Å². The maximum atomic E-state index is 13.7. The maximum absolute atomic E-state index is 13.7. The number of thiazole rings is 2. The summed E-state index contributed by atoms with van der Waals surface area (Å²) in [4.78, 5) is 94.1. The Bertz CT molecular complexity index is 2330. The number of likely N-dealkylation sites (tertiary alicyclic amines) is 2. The topological polar surface area (TPSA) is 210 Å². The van der Waals surface area contributed by atoms with Crippen molar-refractivity contribution in [3.63, 3.8) is 0 Å². The zero-order chi connectivity index (χ0) is 41.9. The minimum absolute atomic E-state index is 0.337. The van der Waals surface area contributed by atoms with E-state index in [0.29, 0.717) is 71.5 Å². The first-order chi connectivity index (χ1) is 29.1. The molecule has 6 amide bonds. The Morgan fingerprint density at radius 2 is 1.02 bits per heavy atom. The Morgan fingerprint density at radius 3 is 1.38 bits per heavy atom. The Morgan fingerprint density at radius 1 is 0.617 bits per heavy atom. The molecule has 18 nitrogen and oxygen atoms in total. The average Bonchev–Trinajstić information content (AvgIpc) is 4.12. The van der Waals surface area contributed by atoms with Gasteiger partial charge < -0.3 is 40.5 Å². The van der Waals surface area contributed by atoms with E-state index in [0.717, 1.165) is 9.75 Å². The first-order valence-corrected chi connectivity index (χ1v) is 20.7. The van der Waals surface area contributed by atoms with Crippen molar-refractivity contribution in [2.75, 3.05) is 37.9 Å². The summed E-state index contributed by atoms with van der Waals surface area (Å²) in [5.74, 6) is -0.899. The van der Waals surface area contributed by atoms with Crippen LogP contribution in [0.1, 0.15) is 48.9 Å². The number of methoxy groups -OCH3 is 2. The molecular weight excluding hydrogens is 813 g/mol. The summed E-state index contributed by atoms with van der Waals surface area (Å²) in [5.41, 5.74) is 1.14. The van der Waals surface area contributed by atoms with Crippen LogP contribution in [0.3, 0.4) is 0 Å². The van der Waals surface area contributed by atoms with Gasteiger partial charge in [-0.05, 0) is 36.8 Å². The number of hydrogen-bond donors (Lipinski definition) is 4. The zero-order valence-electron chi connectivity index (χ0n) is 32.4. The second kappa shape index (κ2) is 17.2. The van der Waals surface area contributed by atoms with E-state index in [1.54, 1.807) is 60.9 Å². The van der Waals surface area contributed by atoms with Crippen LogP contribution < -0.4 is 21.3 Å². The van der Waals surface area contributed by atoms with Gasteiger partial charge in [0.05, 0.1) is 36.4 Å². The number of benzene rings is 2. The van der Waals surface area contributed by atoms with Crippen molar-refractivity contribution < 1.29 is 38.2 Å². The fourth-order valence-electron chi connectivity index (χ4n) is 7.52. The number of aromatic nitrogens is 4. The van der Waals surface area contributed by atoms with Gasteiger partial charge in [-0.2, -0.15) is 0 Å². The van der Waals surface area contributed by atoms with Crippen LogP contribution in [0.4, 0.5) is 21.2 Å². The molecule has 2 fully saturated rings. The number of hydrogen-bond acceptors (Lipinski definition) is 12. The molecule has 6 aromatic rings. The van der Waals surface area contributed by atoms with Gasteiger partial charge >= 0.3 is 12.2 Å². The molecule has 2 saturated heterocycles. The van der Waals surface area contributed by atoms with Gasteiger partial charge in [0, 0.05) is 25.5 Å².